The summed E-state index contributed by atoms with van der Waals surface area (Å²) in [5, 5.41) is 0. The molecule has 0 saturated heterocycles. The second-order valence-corrected chi connectivity index (χ2v) is 19.3. The van der Waals surface area contributed by atoms with Crippen molar-refractivity contribution in [1.29, 1.82) is 0 Å². The number of hydrogen-bond donors (Lipinski definition) is 1. The maximum atomic E-state index is 13.0. The number of ether oxygens (including phenoxy) is 2. The maximum absolute atomic E-state index is 13.0. The van der Waals surface area contributed by atoms with Gasteiger partial charge >= 0.3 is 11.9 Å². The van der Waals surface area contributed by atoms with Crippen LogP contribution in [0.5, 0.6) is 0 Å². The van der Waals surface area contributed by atoms with Crippen LogP contribution in [-0.2, 0) is 19.6 Å². The molecule has 0 aliphatic heterocycles. The van der Waals surface area contributed by atoms with Gasteiger partial charge in [-0.2, -0.15) is 8.42 Å². The first-order valence-corrected chi connectivity index (χ1v) is 27.5. The van der Waals surface area contributed by atoms with Crippen molar-refractivity contribution >= 4 is 22.1 Å². The van der Waals surface area contributed by atoms with Crippen molar-refractivity contribution in [3.05, 3.63) is 53.6 Å². The highest BCUT2D eigenvalue weighted by Crippen LogP contribution is 2.20. The topological polar surface area (TPSA) is 107 Å². The highest BCUT2D eigenvalue weighted by molar-refractivity contribution is 7.85. The van der Waals surface area contributed by atoms with Gasteiger partial charge in [-0.3, -0.25) is 4.55 Å². The summed E-state index contributed by atoms with van der Waals surface area (Å²) in [6.45, 7) is 4.88. The third kappa shape index (κ3) is 35.0. The second kappa shape index (κ2) is 42.5. The van der Waals surface area contributed by atoms with Crippen LogP contribution in [0, 0.1) is 0 Å². The van der Waals surface area contributed by atoms with Crippen molar-refractivity contribution in [2.75, 3.05) is 13.2 Å². The number of carbonyl (C=O) groups is 2. The van der Waals surface area contributed by atoms with Gasteiger partial charge in [-0.15, -0.1) is 0 Å². The normalized spacial score (nSPS) is 11.9. The molecule has 0 bridgehead atoms. The molecule has 8 heteroatoms. The third-order valence-corrected chi connectivity index (χ3v) is 12.9. The van der Waals surface area contributed by atoms with Crippen LogP contribution in [-0.4, -0.2) is 38.1 Å². The van der Waals surface area contributed by atoms with Crippen molar-refractivity contribution < 1.29 is 32.0 Å². The molecule has 1 N–H and O–H groups in total. The number of unbranched alkanes of at least 4 members (excludes halogenated alkanes) is 34. The number of allylic oxidation sites excluding steroid dienone is 4. The van der Waals surface area contributed by atoms with Gasteiger partial charge in [0.2, 0.25) is 0 Å². The lowest BCUT2D eigenvalue weighted by atomic mass is 10.0. The zero-order valence-electron chi connectivity index (χ0n) is 40.1. The van der Waals surface area contributed by atoms with E-state index in [9.17, 15) is 22.6 Å². The highest BCUT2D eigenvalue weighted by atomic mass is 32.2. The van der Waals surface area contributed by atoms with Gasteiger partial charge in [0.05, 0.1) is 29.2 Å². The Labute approximate surface area is 382 Å². The minimum atomic E-state index is -4.58. The van der Waals surface area contributed by atoms with E-state index in [1.807, 2.05) is 0 Å². The molecule has 1 aromatic rings. The molecule has 0 unspecified atom stereocenters. The summed E-state index contributed by atoms with van der Waals surface area (Å²) in [6, 6.07) is 3.28. The first kappa shape index (κ1) is 57.6. The van der Waals surface area contributed by atoms with E-state index in [0.717, 1.165) is 50.7 Å². The average molecular weight is 887 g/mol. The predicted octanol–water partition coefficient (Wildman–Crippen LogP) is 17.2. The standard InChI is InChI=1S/C54H94O7S/c1-3-5-7-9-11-13-15-17-19-21-23-25-27-29-31-33-35-37-39-41-43-47-60-53(55)51-46-45-50(62(57,58)59)49-52(51)54(56)61-48-44-42-40-38-36-34-32-30-28-26-24-22-20-18-16-14-12-10-8-6-4-2/h35-38,45-46,49H,3-34,39-44,47-48H2,1-2H3,(H,57,58,59)/b37-35+,38-36+. The van der Waals surface area contributed by atoms with Crippen LogP contribution in [0.2, 0.25) is 0 Å². The van der Waals surface area contributed by atoms with Crippen molar-refractivity contribution in [3.63, 3.8) is 0 Å². The minimum absolute atomic E-state index is 0.0764. The van der Waals surface area contributed by atoms with Crippen molar-refractivity contribution in [1.82, 2.24) is 0 Å². The highest BCUT2D eigenvalue weighted by Gasteiger charge is 2.23. The van der Waals surface area contributed by atoms with Gasteiger partial charge in [0, 0.05) is 0 Å². The second-order valence-electron chi connectivity index (χ2n) is 17.9. The molecule has 0 aromatic heterocycles. The summed E-state index contributed by atoms with van der Waals surface area (Å²) in [5.74, 6) is -1.54. The summed E-state index contributed by atoms with van der Waals surface area (Å²) in [7, 11) is -4.58. The Balaban J connectivity index is 2.15. The van der Waals surface area contributed by atoms with Crippen molar-refractivity contribution in [2.45, 2.75) is 263 Å². The van der Waals surface area contributed by atoms with E-state index in [0.29, 0.717) is 12.8 Å². The van der Waals surface area contributed by atoms with Crippen LogP contribution in [0.15, 0.2) is 47.4 Å². The van der Waals surface area contributed by atoms with E-state index in [2.05, 4.69) is 38.2 Å². The van der Waals surface area contributed by atoms with E-state index < -0.39 is 27.0 Å². The molecule has 0 aliphatic carbocycles. The fraction of sp³-hybridized carbons (Fsp3) is 0.778. The molecule has 62 heavy (non-hydrogen) atoms. The molecular weight excluding hydrogens is 793 g/mol. The summed E-state index contributed by atoms with van der Waals surface area (Å²) in [4.78, 5) is 25.5. The summed E-state index contributed by atoms with van der Waals surface area (Å²) in [6.07, 6.45) is 57.0. The number of benzene rings is 1. The average Bonchev–Trinajstić information content (AvgIpc) is 3.26. The molecule has 0 heterocycles. The Morgan fingerprint density at radius 2 is 0.694 bits per heavy atom. The van der Waals surface area contributed by atoms with Gasteiger partial charge < -0.3 is 9.47 Å². The van der Waals surface area contributed by atoms with E-state index in [1.165, 1.54) is 199 Å². The molecule has 0 fully saturated rings. The zero-order valence-corrected chi connectivity index (χ0v) is 40.9. The monoisotopic (exact) mass is 887 g/mol. The molecule has 1 rings (SSSR count). The van der Waals surface area contributed by atoms with E-state index in [4.69, 9.17) is 9.47 Å². The van der Waals surface area contributed by atoms with Crippen LogP contribution < -0.4 is 0 Å². The quantitative estimate of drug-likeness (QED) is 0.0301. The van der Waals surface area contributed by atoms with E-state index >= 15 is 0 Å². The lowest BCUT2D eigenvalue weighted by Crippen LogP contribution is -2.16. The first-order chi connectivity index (χ1) is 30.3. The van der Waals surface area contributed by atoms with Gasteiger partial charge in [0.15, 0.2) is 0 Å². The van der Waals surface area contributed by atoms with Gasteiger partial charge in [-0.05, 0) is 82.4 Å². The van der Waals surface area contributed by atoms with Gasteiger partial charge in [0.1, 0.15) is 0 Å². The van der Waals surface area contributed by atoms with E-state index in [1.54, 1.807) is 0 Å². The Kier molecular flexibility index (Phi) is 39.5. The molecule has 1 aromatic carbocycles. The smallest absolute Gasteiger partial charge is 0.339 e. The molecular formula is C54H94O7S. The Morgan fingerprint density at radius 1 is 0.419 bits per heavy atom. The van der Waals surface area contributed by atoms with Crippen LogP contribution in [0.1, 0.15) is 279 Å². The largest absolute Gasteiger partial charge is 0.462 e. The van der Waals surface area contributed by atoms with Crippen molar-refractivity contribution in [2.24, 2.45) is 0 Å². The molecule has 0 spiro atoms. The van der Waals surface area contributed by atoms with Crippen LogP contribution in [0.25, 0.3) is 0 Å². The number of hydrogen-bond acceptors (Lipinski definition) is 6. The summed E-state index contributed by atoms with van der Waals surface area (Å²) in [5.41, 5.74) is -0.303. The molecule has 7 nitrogen and oxygen atoms in total. The minimum Gasteiger partial charge on any atom is -0.462 e. The lowest BCUT2D eigenvalue weighted by Gasteiger charge is -2.11. The fourth-order valence-corrected chi connectivity index (χ4v) is 8.49. The Morgan fingerprint density at radius 3 is 1.00 bits per heavy atom. The maximum Gasteiger partial charge on any atom is 0.339 e. The SMILES string of the molecule is CCCCCCCCCCCCCCCCC/C=C/CCCCOC(=O)c1ccc(S(=O)(=O)O)cc1C(=O)OCCCC/C=C/CCCCCCCCCCCCCCCCC. The molecule has 0 atom stereocenters. The lowest BCUT2D eigenvalue weighted by molar-refractivity contribution is 0.0451. The van der Waals surface area contributed by atoms with Gasteiger partial charge in [0.25, 0.3) is 10.1 Å². The molecule has 0 aliphatic rings. The predicted molar refractivity (Wildman–Crippen MR) is 262 cm³/mol. The van der Waals surface area contributed by atoms with Crippen molar-refractivity contribution in [3.8, 4) is 0 Å². The fourth-order valence-electron chi connectivity index (χ4n) is 7.98. The van der Waals surface area contributed by atoms with Crippen LogP contribution >= 0.6 is 0 Å². The number of esters is 2. The molecule has 358 valence electrons. The zero-order chi connectivity index (χ0) is 45.0. The van der Waals surface area contributed by atoms with Crippen LogP contribution in [0.3, 0.4) is 0 Å². The number of carbonyl (C=O) groups excluding carboxylic acids is 2. The summed E-state index contributed by atoms with van der Waals surface area (Å²) < 4.78 is 44.1. The van der Waals surface area contributed by atoms with Gasteiger partial charge in [-0.1, -0.05) is 218 Å². The first-order valence-electron chi connectivity index (χ1n) is 26.1. The molecule has 0 radical (unpaired) electrons. The molecule has 0 saturated carbocycles. The van der Waals surface area contributed by atoms with Crippen LogP contribution in [0.4, 0.5) is 0 Å². The van der Waals surface area contributed by atoms with Gasteiger partial charge in [-0.25, -0.2) is 9.59 Å². The third-order valence-electron chi connectivity index (χ3n) is 12.0. The van der Waals surface area contributed by atoms with E-state index in [-0.39, 0.29) is 24.3 Å². The Hall–Kier alpha value is -2.45. The Bertz CT molecular complexity index is 1370. The molecule has 0 amide bonds. The summed E-state index contributed by atoms with van der Waals surface area (Å²) >= 11 is 0. The number of rotatable bonds is 45.